The summed E-state index contributed by atoms with van der Waals surface area (Å²) in [7, 11) is 3.18. The van der Waals surface area contributed by atoms with Crippen LogP contribution < -0.4 is 23.7 Å². The van der Waals surface area contributed by atoms with E-state index in [2.05, 4.69) is 0 Å². The van der Waals surface area contributed by atoms with Gasteiger partial charge in [0.1, 0.15) is 35.6 Å². The maximum Gasteiger partial charge on any atom is 0.164 e. The summed E-state index contributed by atoms with van der Waals surface area (Å²) in [5.74, 6) is 3.01. The quantitative estimate of drug-likeness (QED) is 0.832. The average Bonchev–Trinajstić information content (AvgIpc) is 2.71. The Labute approximate surface area is 169 Å². The monoisotopic (exact) mass is 396 g/mol. The maximum atomic E-state index is 11.3. The van der Waals surface area contributed by atoms with Crippen molar-refractivity contribution in [1.29, 1.82) is 0 Å². The Hall–Kier alpha value is -2.86. The Morgan fingerprint density at radius 2 is 1.79 bits per heavy atom. The minimum absolute atomic E-state index is 0.269. The highest BCUT2D eigenvalue weighted by Crippen LogP contribution is 2.53. The number of aliphatic hydroxyl groups is 1. The Morgan fingerprint density at radius 3 is 2.55 bits per heavy atom. The van der Waals surface area contributed by atoms with Crippen LogP contribution in [0.1, 0.15) is 42.6 Å². The van der Waals surface area contributed by atoms with Gasteiger partial charge in [-0.3, -0.25) is 0 Å². The summed E-state index contributed by atoms with van der Waals surface area (Å²) in [6.07, 6.45) is 2.95. The van der Waals surface area contributed by atoms with Crippen molar-refractivity contribution in [3.05, 3.63) is 47.0 Å². The summed E-state index contributed by atoms with van der Waals surface area (Å²) < 4.78 is 29.2. The number of hydrogen-bond acceptors (Lipinski definition) is 6. The van der Waals surface area contributed by atoms with Crippen molar-refractivity contribution >= 4 is 6.08 Å². The summed E-state index contributed by atoms with van der Waals surface area (Å²) in [4.78, 5) is 0. The molecule has 0 aromatic heterocycles. The van der Waals surface area contributed by atoms with Crippen LogP contribution in [0.25, 0.3) is 6.08 Å². The molecule has 6 heteroatoms. The molecule has 3 aliphatic rings. The molecule has 0 aliphatic carbocycles. The molecule has 0 bridgehead atoms. The van der Waals surface area contributed by atoms with Gasteiger partial charge >= 0.3 is 0 Å². The third kappa shape index (κ3) is 2.74. The fourth-order valence-corrected chi connectivity index (χ4v) is 4.37. The normalized spacial score (nSPS) is 25.2. The lowest BCUT2D eigenvalue weighted by Crippen LogP contribution is -2.42. The van der Waals surface area contributed by atoms with Gasteiger partial charge in [-0.15, -0.1) is 0 Å². The van der Waals surface area contributed by atoms with E-state index in [1.807, 2.05) is 44.2 Å². The first-order valence-electron chi connectivity index (χ1n) is 9.70. The van der Waals surface area contributed by atoms with Crippen LogP contribution in [0.5, 0.6) is 28.7 Å². The third-order valence-corrected chi connectivity index (χ3v) is 5.82. The van der Waals surface area contributed by atoms with E-state index >= 15 is 0 Å². The molecule has 5 rings (SSSR count). The SMILES string of the molecule is COc1cc2c(cc1OC)[C@@H]1C(O)c3ccc4c(c3O[C@@H]1CO2)C=CC(C)(C)O4. The molecule has 0 spiro atoms. The molecular formula is C23H24O6. The number of ether oxygens (including phenoxy) is 5. The number of benzene rings is 2. The highest BCUT2D eigenvalue weighted by Gasteiger charge is 2.45. The van der Waals surface area contributed by atoms with E-state index in [1.165, 1.54) is 0 Å². The first kappa shape index (κ1) is 18.2. The van der Waals surface area contributed by atoms with Gasteiger partial charge in [-0.1, -0.05) is 0 Å². The van der Waals surface area contributed by atoms with E-state index < -0.39 is 6.10 Å². The van der Waals surface area contributed by atoms with Gasteiger partial charge in [0.25, 0.3) is 0 Å². The van der Waals surface area contributed by atoms with Gasteiger partial charge in [0.15, 0.2) is 11.5 Å². The van der Waals surface area contributed by atoms with Crippen molar-refractivity contribution in [1.82, 2.24) is 0 Å². The van der Waals surface area contributed by atoms with E-state index in [9.17, 15) is 5.11 Å². The van der Waals surface area contributed by atoms with Gasteiger partial charge in [-0.2, -0.15) is 0 Å². The predicted octanol–water partition coefficient (Wildman–Crippen LogP) is 3.86. The van der Waals surface area contributed by atoms with E-state index in [1.54, 1.807) is 20.3 Å². The average molecular weight is 396 g/mol. The van der Waals surface area contributed by atoms with Crippen LogP contribution in [0.4, 0.5) is 0 Å². The van der Waals surface area contributed by atoms with Crippen LogP contribution in [-0.4, -0.2) is 37.6 Å². The van der Waals surface area contributed by atoms with Gasteiger partial charge in [0.2, 0.25) is 0 Å². The number of methoxy groups -OCH3 is 2. The largest absolute Gasteiger partial charge is 0.493 e. The minimum atomic E-state index is -0.738. The number of fused-ring (bicyclic) bond motifs is 6. The Balaban J connectivity index is 1.60. The first-order valence-corrected chi connectivity index (χ1v) is 9.70. The second kappa shape index (κ2) is 6.32. The molecule has 0 fully saturated rings. The van der Waals surface area contributed by atoms with Crippen molar-refractivity contribution in [2.45, 2.75) is 37.6 Å². The van der Waals surface area contributed by atoms with E-state index in [4.69, 9.17) is 23.7 Å². The molecule has 0 saturated heterocycles. The summed E-state index contributed by atoms with van der Waals surface area (Å²) in [5.41, 5.74) is 2.08. The lowest BCUT2D eigenvalue weighted by Gasteiger charge is -2.42. The molecular weight excluding hydrogens is 372 g/mol. The zero-order valence-corrected chi connectivity index (χ0v) is 16.9. The van der Waals surface area contributed by atoms with Crippen LogP contribution in [0, 0.1) is 0 Å². The van der Waals surface area contributed by atoms with Crippen molar-refractivity contribution in [3.8, 4) is 28.7 Å². The molecule has 3 aliphatic heterocycles. The third-order valence-electron chi connectivity index (χ3n) is 5.82. The van der Waals surface area contributed by atoms with Gasteiger partial charge in [-0.25, -0.2) is 0 Å². The molecule has 0 amide bonds. The fourth-order valence-electron chi connectivity index (χ4n) is 4.37. The van der Waals surface area contributed by atoms with E-state index in [0.717, 1.165) is 22.4 Å². The van der Waals surface area contributed by atoms with Crippen LogP contribution in [0.3, 0.4) is 0 Å². The fraction of sp³-hybridized carbons (Fsp3) is 0.391. The second-order valence-electron chi connectivity index (χ2n) is 8.12. The summed E-state index contributed by atoms with van der Waals surface area (Å²) in [5, 5.41) is 11.3. The molecule has 6 nitrogen and oxygen atoms in total. The Bertz CT molecular complexity index is 1010. The molecule has 2 aromatic carbocycles. The van der Waals surface area contributed by atoms with Crippen LogP contribution in [0.2, 0.25) is 0 Å². The van der Waals surface area contributed by atoms with Crippen molar-refractivity contribution in [2.24, 2.45) is 0 Å². The molecule has 0 saturated carbocycles. The molecule has 152 valence electrons. The molecule has 1 N–H and O–H groups in total. The van der Waals surface area contributed by atoms with E-state index in [-0.39, 0.29) is 17.6 Å². The maximum absolute atomic E-state index is 11.3. The predicted molar refractivity (Wildman–Crippen MR) is 107 cm³/mol. The summed E-state index contributed by atoms with van der Waals surface area (Å²) >= 11 is 0. The van der Waals surface area contributed by atoms with Gasteiger partial charge in [0.05, 0.1) is 31.8 Å². The standard InChI is InChI=1S/C23H24O6/c1-23(2)8-7-12-15(29-23)6-5-13-21(24)20-14-9-17(25-3)18(26-4)10-16(14)27-11-19(20)28-22(12)13/h5-10,19-21,24H,11H2,1-4H3/t19-,20+,21?/m1/s1. The molecule has 3 atom stereocenters. The molecule has 3 heterocycles. The number of hydrogen-bond donors (Lipinski definition) is 1. The highest BCUT2D eigenvalue weighted by atomic mass is 16.5. The van der Waals surface area contributed by atoms with Crippen molar-refractivity contribution in [3.63, 3.8) is 0 Å². The smallest absolute Gasteiger partial charge is 0.164 e. The lowest BCUT2D eigenvalue weighted by atomic mass is 9.80. The first-order chi connectivity index (χ1) is 13.9. The summed E-state index contributed by atoms with van der Waals surface area (Å²) in [6, 6.07) is 7.46. The molecule has 2 aromatic rings. The van der Waals surface area contributed by atoms with Crippen LogP contribution in [0.15, 0.2) is 30.3 Å². The van der Waals surface area contributed by atoms with Crippen molar-refractivity contribution in [2.75, 3.05) is 20.8 Å². The second-order valence-corrected chi connectivity index (χ2v) is 8.12. The van der Waals surface area contributed by atoms with Crippen molar-refractivity contribution < 1.29 is 28.8 Å². The van der Waals surface area contributed by atoms with E-state index in [0.29, 0.717) is 29.6 Å². The number of rotatable bonds is 2. The van der Waals surface area contributed by atoms with Crippen LogP contribution in [-0.2, 0) is 0 Å². The molecule has 1 unspecified atom stereocenters. The Kier molecular flexibility index (Phi) is 3.96. The lowest BCUT2D eigenvalue weighted by molar-refractivity contribution is 0.000724. The van der Waals surface area contributed by atoms with Gasteiger partial charge < -0.3 is 28.8 Å². The topological polar surface area (TPSA) is 66.4 Å². The molecule has 29 heavy (non-hydrogen) atoms. The molecule has 0 radical (unpaired) electrons. The van der Waals surface area contributed by atoms with Gasteiger partial charge in [-0.05, 0) is 44.2 Å². The zero-order chi connectivity index (χ0) is 20.3. The minimum Gasteiger partial charge on any atom is -0.493 e. The van der Waals surface area contributed by atoms with Gasteiger partial charge in [0, 0.05) is 17.2 Å². The Morgan fingerprint density at radius 1 is 1.03 bits per heavy atom. The van der Waals surface area contributed by atoms with Crippen LogP contribution >= 0.6 is 0 Å². The highest BCUT2D eigenvalue weighted by molar-refractivity contribution is 5.70. The number of aliphatic hydroxyl groups excluding tert-OH is 1. The zero-order valence-electron chi connectivity index (χ0n) is 16.9. The summed E-state index contributed by atoms with van der Waals surface area (Å²) in [6.45, 7) is 4.35.